The van der Waals surface area contributed by atoms with Crippen molar-refractivity contribution in [2.45, 2.75) is 47.1 Å². The van der Waals surface area contributed by atoms with Crippen LogP contribution in [0.2, 0.25) is 5.02 Å². The number of hydrogen-bond donors (Lipinski definition) is 3. The van der Waals surface area contributed by atoms with Gasteiger partial charge in [0.05, 0.1) is 11.4 Å². The third-order valence-electron chi connectivity index (χ3n) is 6.30. The fourth-order valence-electron chi connectivity index (χ4n) is 4.24. The smallest absolute Gasteiger partial charge is 0.322 e. The first-order valence-corrected chi connectivity index (χ1v) is 15.1. The van der Waals surface area contributed by atoms with Gasteiger partial charge in [0.1, 0.15) is 0 Å². The molecule has 4 rings (SSSR count). The highest BCUT2D eigenvalue weighted by molar-refractivity contribution is 6.30. The predicted octanol–water partition coefficient (Wildman–Crippen LogP) is 8.62. The molecule has 0 bridgehead atoms. The number of urea groups is 1. The van der Waals surface area contributed by atoms with E-state index in [0.29, 0.717) is 29.4 Å². The van der Waals surface area contributed by atoms with E-state index < -0.39 is 0 Å². The van der Waals surface area contributed by atoms with Crippen LogP contribution in [-0.2, 0) is 6.54 Å². The number of rotatable bonds is 9. The molecule has 0 saturated carbocycles. The molecule has 3 amide bonds. The summed E-state index contributed by atoms with van der Waals surface area (Å²) in [6.07, 6.45) is 2.42. The minimum absolute atomic E-state index is 0.165. The maximum atomic E-state index is 13.1. The van der Waals surface area contributed by atoms with Crippen molar-refractivity contribution in [1.29, 1.82) is 0 Å². The van der Waals surface area contributed by atoms with E-state index in [-0.39, 0.29) is 11.9 Å². The number of nitrogens with zero attached hydrogens (tertiary/aromatic N) is 2. The van der Waals surface area contributed by atoms with E-state index in [2.05, 4.69) is 34.0 Å². The Bertz CT molecular complexity index is 1180. The van der Waals surface area contributed by atoms with Crippen molar-refractivity contribution < 1.29 is 9.59 Å². The average molecular weight is 594 g/mol. The molecule has 1 heterocycles. The van der Waals surface area contributed by atoms with E-state index in [1.54, 1.807) is 36.4 Å². The lowest BCUT2D eigenvalue weighted by Gasteiger charge is -2.26. The fourth-order valence-corrected chi connectivity index (χ4v) is 4.37. The van der Waals surface area contributed by atoms with Crippen molar-refractivity contribution in [1.82, 2.24) is 9.80 Å². The van der Waals surface area contributed by atoms with Crippen molar-refractivity contribution in [3.63, 3.8) is 0 Å². The molecule has 3 aromatic carbocycles. The monoisotopic (exact) mass is 593 g/mol. The molecule has 3 N–H and O–H groups in total. The Labute approximate surface area is 258 Å². The van der Waals surface area contributed by atoms with Crippen LogP contribution in [0, 0.1) is 0 Å². The van der Waals surface area contributed by atoms with E-state index in [1.165, 1.54) is 12.8 Å². The van der Waals surface area contributed by atoms with Crippen LogP contribution in [0.3, 0.4) is 0 Å². The lowest BCUT2D eigenvalue weighted by atomic mass is 10.1. The molecule has 0 radical (unpaired) electrons. The Morgan fingerprint density at radius 1 is 0.833 bits per heavy atom. The van der Waals surface area contributed by atoms with Crippen LogP contribution in [0.25, 0.3) is 0 Å². The van der Waals surface area contributed by atoms with Crippen LogP contribution in [0.5, 0.6) is 0 Å². The highest BCUT2D eigenvalue weighted by atomic mass is 35.5. The van der Waals surface area contributed by atoms with Gasteiger partial charge < -0.3 is 25.8 Å². The molecular weight excluding hydrogens is 546 g/mol. The summed E-state index contributed by atoms with van der Waals surface area (Å²) in [7, 11) is 1.82. The van der Waals surface area contributed by atoms with E-state index in [4.69, 9.17) is 11.6 Å². The van der Waals surface area contributed by atoms with Crippen LogP contribution in [0.4, 0.5) is 21.9 Å². The lowest BCUT2D eigenvalue weighted by Crippen LogP contribution is -2.40. The number of nitrogens with one attached hydrogen (secondary N) is 3. The first-order valence-electron chi connectivity index (χ1n) is 14.7. The molecule has 0 atom stereocenters. The van der Waals surface area contributed by atoms with Crippen molar-refractivity contribution in [2.75, 3.05) is 49.2 Å². The van der Waals surface area contributed by atoms with Crippen molar-refractivity contribution in [3.8, 4) is 0 Å². The Hall–Kier alpha value is -3.81. The summed E-state index contributed by atoms with van der Waals surface area (Å²) in [4.78, 5) is 30.1. The first kappa shape index (κ1) is 36.2. The van der Waals surface area contributed by atoms with Gasteiger partial charge in [0.15, 0.2) is 0 Å². The van der Waals surface area contributed by atoms with Crippen LogP contribution < -0.4 is 16.0 Å². The molecule has 0 aromatic heterocycles. The molecule has 3 aromatic rings. The first-order chi connectivity index (χ1) is 20.5. The van der Waals surface area contributed by atoms with Crippen molar-refractivity contribution in [3.05, 3.63) is 102 Å². The second-order valence-electron chi connectivity index (χ2n) is 8.85. The van der Waals surface area contributed by atoms with Gasteiger partial charge in [0.2, 0.25) is 0 Å². The largest absolute Gasteiger partial charge is 0.386 e. The van der Waals surface area contributed by atoms with Gasteiger partial charge >= 0.3 is 6.03 Å². The number of halogens is 1. The molecular formula is C34H48ClN5O2. The Balaban J connectivity index is 0.00000138. The zero-order valence-corrected chi connectivity index (χ0v) is 26.6. The zero-order valence-electron chi connectivity index (χ0n) is 25.9. The predicted molar refractivity (Wildman–Crippen MR) is 181 cm³/mol. The Kier molecular flexibility index (Phi) is 18.1. The Morgan fingerprint density at radius 2 is 1.40 bits per heavy atom. The zero-order chi connectivity index (χ0) is 31.3. The molecule has 1 fully saturated rings. The third-order valence-corrected chi connectivity index (χ3v) is 6.55. The van der Waals surface area contributed by atoms with E-state index in [0.717, 1.165) is 36.6 Å². The second kappa shape index (κ2) is 21.0. The molecule has 0 unspecified atom stereocenters. The van der Waals surface area contributed by atoms with Crippen LogP contribution in [-0.4, -0.2) is 55.0 Å². The van der Waals surface area contributed by atoms with Crippen molar-refractivity contribution >= 4 is 40.6 Å². The number of hydrogen-bond acceptors (Lipinski definition) is 4. The summed E-state index contributed by atoms with van der Waals surface area (Å²) < 4.78 is 0. The van der Waals surface area contributed by atoms with Gasteiger partial charge in [-0.25, -0.2) is 4.79 Å². The number of anilines is 3. The molecule has 8 heteroatoms. The summed E-state index contributed by atoms with van der Waals surface area (Å²) in [6.45, 7) is 18.0. The number of carbonyl (C=O) groups is 2. The van der Waals surface area contributed by atoms with E-state index in [1.807, 2.05) is 76.0 Å². The quantitative estimate of drug-likeness (QED) is 0.217. The van der Waals surface area contributed by atoms with Crippen LogP contribution in [0.1, 0.15) is 56.5 Å². The Morgan fingerprint density at radius 3 is 1.98 bits per heavy atom. The van der Waals surface area contributed by atoms with Gasteiger partial charge in [0, 0.05) is 43.0 Å². The maximum absolute atomic E-state index is 13.1. The van der Waals surface area contributed by atoms with E-state index >= 15 is 0 Å². The van der Waals surface area contributed by atoms with Gasteiger partial charge in [-0.1, -0.05) is 63.6 Å². The van der Waals surface area contributed by atoms with Crippen LogP contribution >= 0.6 is 11.6 Å². The SMILES string of the molecule is C=C.CC.CC.CNc1ccccc1NC(=O)c1ccc(CN(CCN2CCCC2)C(=O)Nc2ccc(Cl)cc2)cc1. The standard InChI is InChI=1S/C28H32ClN5O2.2C2H6.C2H4/c1-30-25-6-2-3-7-26(25)32-27(35)22-10-8-21(9-11-22)20-34(19-18-33-16-4-5-17-33)28(36)31-24-14-12-23(29)13-15-24;3*1-2/h2-3,6-15,30H,4-5,16-20H2,1H3,(H,31,36)(H,32,35);2*1-2H3;1-2H2. The minimum atomic E-state index is -0.185. The van der Waals surface area contributed by atoms with Crippen molar-refractivity contribution in [2.24, 2.45) is 0 Å². The van der Waals surface area contributed by atoms with E-state index in [9.17, 15) is 9.59 Å². The van der Waals surface area contributed by atoms with Gasteiger partial charge in [-0.15, -0.1) is 13.2 Å². The molecule has 7 nitrogen and oxygen atoms in total. The second-order valence-corrected chi connectivity index (χ2v) is 9.29. The highest BCUT2D eigenvalue weighted by Gasteiger charge is 2.18. The molecule has 0 spiro atoms. The minimum Gasteiger partial charge on any atom is -0.386 e. The summed E-state index contributed by atoms with van der Waals surface area (Å²) in [5.74, 6) is -0.185. The molecule has 1 aliphatic rings. The highest BCUT2D eigenvalue weighted by Crippen LogP contribution is 2.21. The molecule has 42 heavy (non-hydrogen) atoms. The summed E-state index contributed by atoms with van der Waals surface area (Å²) >= 11 is 5.98. The normalized spacial score (nSPS) is 11.8. The number of likely N-dealkylation sites (tertiary alicyclic amines) is 1. The summed E-state index contributed by atoms with van der Waals surface area (Å²) in [5.41, 5.74) is 3.78. The molecule has 1 aliphatic heterocycles. The maximum Gasteiger partial charge on any atom is 0.322 e. The van der Waals surface area contributed by atoms with Crippen LogP contribution in [0.15, 0.2) is 86.0 Å². The summed E-state index contributed by atoms with van der Waals surface area (Å²) in [5, 5.41) is 9.62. The number of benzene rings is 3. The summed E-state index contributed by atoms with van der Waals surface area (Å²) in [6, 6.07) is 21.9. The molecule has 1 saturated heterocycles. The fraction of sp³-hybridized carbons (Fsp3) is 0.353. The molecule has 0 aliphatic carbocycles. The third kappa shape index (κ3) is 12.0. The average Bonchev–Trinajstić information content (AvgIpc) is 3.57. The van der Waals surface area contributed by atoms with Gasteiger partial charge in [-0.2, -0.15) is 0 Å². The van der Waals surface area contributed by atoms with Gasteiger partial charge in [-0.3, -0.25) is 4.79 Å². The molecule has 228 valence electrons. The number of para-hydroxylation sites is 2. The topological polar surface area (TPSA) is 76.7 Å². The van der Waals surface area contributed by atoms with Gasteiger partial charge in [-0.05, 0) is 80.0 Å². The lowest BCUT2D eigenvalue weighted by molar-refractivity contribution is 0.102. The number of carbonyl (C=O) groups excluding carboxylic acids is 2. The van der Waals surface area contributed by atoms with Gasteiger partial charge in [0.25, 0.3) is 5.91 Å². The number of amides is 3.